The number of hydrogen-bond acceptors (Lipinski definition) is 7. The number of carbonyl (C=O) groups is 2. The summed E-state index contributed by atoms with van der Waals surface area (Å²) < 4.78 is 10.5. The minimum Gasteiger partial charge on any atom is -0.484 e. The molecular formula is C18H20N2O6S. The molecule has 0 aliphatic carbocycles. The average Bonchev–Trinajstić information content (AvgIpc) is 2.91. The highest BCUT2D eigenvalue weighted by atomic mass is 32.1. The van der Waals surface area contributed by atoms with E-state index < -0.39 is 16.8 Å². The molecule has 0 bridgehead atoms. The van der Waals surface area contributed by atoms with Crippen LogP contribution in [-0.2, 0) is 9.53 Å². The maximum Gasteiger partial charge on any atom is 0.341 e. The van der Waals surface area contributed by atoms with Gasteiger partial charge in [-0.15, -0.1) is 11.3 Å². The van der Waals surface area contributed by atoms with Gasteiger partial charge < -0.3 is 14.8 Å². The molecule has 0 unspecified atom stereocenters. The fourth-order valence-electron chi connectivity index (χ4n) is 2.20. The zero-order chi connectivity index (χ0) is 20.0. The number of nitrogens with zero attached hydrogens (tertiary/aromatic N) is 1. The smallest absolute Gasteiger partial charge is 0.341 e. The van der Waals surface area contributed by atoms with Gasteiger partial charge in [-0.05, 0) is 38.0 Å². The van der Waals surface area contributed by atoms with Gasteiger partial charge in [0.25, 0.3) is 11.6 Å². The van der Waals surface area contributed by atoms with Crippen LogP contribution in [0.3, 0.4) is 0 Å². The zero-order valence-electron chi connectivity index (χ0n) is 15.2. The molecule has 1 amide bonds. The Hall–Kier alpha value is -2.94. The number of nitro groups is 1. The van der Waals surface area contributed by atoms with E-state index in [9.17, 15) is 19.7 Å². The van der Waals surface area contributed by atoms with E-state index in [-0.39, 0.29) is 12.3 Å². The number of nitrogens with one attached hydrogen (secondary N) is 1. The summed E-state index contributed by atoms with van der Waals surface area (Å²) in [6.07, 6.45) is 0.707. The van der Waals surface area contributed by atoms with E-state index in [1.165, 1.54) is 35.6 Å². The predicted molar refractivity (Wildman–Crippen MR) is 102 cm³/mol. The van der Waals surface area contributed by atoms with Gasteiger partial charge >= 0.3 is 5.97 Å². The molecule has 27 heavy (non-hydrogen) atoms. The number of nitro benzene ring substituents is 1. The predicted octanol–water partition coefficient (Wildman–Crippen LogP) is 3.86. The molecule has 144 valence electrons. The topological polar surface area (TPSA) is 108 Å². The summed E-state index contributed by atoms with van der Waals surface area (Å²) in [6.45, 7) is 5.58. The van der Waals surface area contributed by atoms with Crippen LogP contribution in [0, 0.1) is 24.0 Å². The van der Waals surface area contributed by atoms with Crippen molar-refractivity contribution in [3.8, 4) is 5.75 Å². The third-order valence-corrected chi connectivity index (χ3v) is 4.82. The van der Waals surface area contributed by atoms with E-state index in [0.717, 1.165) is 10.4 Å². The lowest BCUT2D eigenvalue weighted by Crippen LogP contribution is -2.21. The van der Waals surface area contributed by atoms with Crippen LogP contribution in [0.15, 0.2) is 24.3 Å². The van der Waals surface area contributed by atoms with Gasteiger partial charge in [-0.3, -0.25) is 14.9 Å². The first-order chi connectivity index (χ1) is 12.8. The molecule has 1 aromatic carbocycles. The van der Waals surface area contributed by atoms with Gasteiger partial charge in [-0.1, -0.05) is 6.92 Å². The van der Waals surface area contributed by atoms with E-state index in [1.807, 2.05) is 13.8 Å². The number of amides is 1. The van der Waals surface area contributed by atoms with Gasteiger partial charge in [0.15, 0.2) is 6.61 Å². The Morgan fingerprint density at radius 2 is 1.89 bits per heavy atom. The summed E-state index contributed by atoms with van der Waals surface area (Å²) in [5, 5.41) is 13.7. The average molecular weight is 392 g/mol. The second-order valence-electron chi connectivity index (χ2n) is 5.71. The number of rotatable bonds is 8. The van der Waals surface area contributed by atoms with Crippen molar-refractivity contribution in [3.63, 3.8) is 0 Å². The Balaban J connectivity index is 2.02. The number of non-ortho nitro benzene ring substituents is 1. The fraction of sp³-hybridized carbons (Fsp3) is 0.333. The van der Waals surface area contributed by atoms with Gasteiger partial charge in [0.1, 0.15) is 10.8 Å². The van der Waals surface area contributed by atoms with Gasteiger partial charge in [-0.2, -0.15) is 0 Å². The van der Waals surface area contributed by atoms with Crippen molar-refractivity contribution < 1.29 is 24.0 Å². The minimum absolute atomic E-state index is 0.0634. The molecule has 0 atom stereocenters. The summed E-state index contributed by atoms with van der Waals surface area (Å²) in [5.41, 5.74) is 1.06. The molecule has 8 nitrogen and oxygen atoms in total. The van der Waals surface area contributed by atoms with Crippen molar-refractivity contribution in [2.75, 3.05) is 18.5 Å². The normalized spacial score (nSPS) is 10.3. The zero-order valence-corrected chi connectivity index (χ0v) is 16.1. The largest absolute Gasteiger partial charge is 0.484 e. The molecule has 0 aliphatic rings. The molecule has 0 fully saturated rings. The lowest BCUT2D eigenvalue weighted by Gasteiger charge is -2.09. The number of benzene rings is 1. The first-order valence-corrected chi connectivity index (χ1v) is 9.09. The maximum atomic E-state index is 12.3. The van der Waals surface area contributed by atoms with Crippen molar-refractivity contribution in [2.24, 2.45) is 0 Å². The van der Waals surface area contributed by atoms with Crippen molar-refractivity contribution >= 4 is 33.9 Å². The SMILES string of the molecule is CCCOC(=O)c1c(NC(=O)COc2ccc([N+](=O)[O-])cc2)sc(C)c1C. The van der Waals surface area contributed by atoms with Crippen LogP contribution >= 0.6 is 11.3 Å². The highest BCUT2D eigenvalue weighted by Gasteiger charge is 2.22. The van der Waals surface area contributed by atoms with Crippen LogP contribution in [0.2, 0.25) is 0 Å². The van der Waals surface area contributed by atoms with Crippen molar-refractivity contribution in [1.29, 1.82) is 0 Å². The Bertz CT molecular complexity index is 844. The molecular weight excluding hydrogens is 372 g/mol. The monoisotopic (exact) mass is 392 g/mol. The fourth-order valence-corrected chi connectivity index (χ4v) is 3.27. The van der Waals surface area contributed by atoms with E-state index in [0.29, 0.717) is 29.3 Å². The molecule has 0 saturated carbocycles. The molecule has 9 heteroatoms. The second-order valence-corrected chi connectivity index (χ2v) is 6.94. The van der Waals surface area contributed by atoms with Crippen LogP contribution in [0.4, 0.5) is 10.7 Å². The number of hydrogen-bond donors (Lipinski definition) is 1. The quantitative estimate of drug-likeness (QED) is 0.415. The van der Waals surface area contributed by atoms with Gasteiger partial charge in [0.05, 0.1) is 17.1 Å². The molecule has 0 aliphatic heterocycles. The van der Waals surface area contributed by atoms with Crippen LogP contribution in [0.1, 0.15) is 34.1 Å². The first kappa shape index (κ1) is 20.4. The summed E-state index contributed by atoms with van der Waals surface area (Å²) >= 11 is 1.29. The standard InChI is InChI=1S/C18H20N2O6S/c1-4-9-25-18(22)16-11(2)12(3)27-17(16)19-15(21)10-26-14-7-5-13(6-8-14)20(23)24/h5-8H,4,9-10H2,1-3H3,(H,19,21). The highest BCUT2D eigenvalue weighted by molar-refractivity contribution is 7.16. The Morgan fingerprint density at radius 1 is 1.22 bits per heavy atom. The third kappa shape index (κ3) is 5.27. The molecule has 1 N–H and O–H groups in total. The van der Waals surface area contributed by atoms with Crippen molar-refractivity contribution in [1.82, 2.24) is 0 Å². The molecule has 1 heterocycles. The molecule has 2 rings (SSSR count). The molecule has 0 saturated heterocycles. The lowest BCUT2D eigenvalue weighted by atomic mass is 10.1. The van der Waals surface area contributed by atoms with E-state index in [2.05, 4.69) is 5.32 Å². The number of ether oxygens (including phenoxy) is 2. The number of carbonyl (C=O) groups excluding carboxylic acids is 2. The number of anilines is 1. The van der Waals surface area contributed by atoms with Crippen LogP contribution in [0.25, 0.3) is 0 Å². The van der Waals surface area contributed by atoms with E-state index >= 15 is 0 Å². The molecule has 0 spiro atoms. The Kier molecular flexibility index (Phi) is 6.89. The van der Waals surface area contributed by atoms with Crippen molar-refractivity contribution in [3.05, 3.63) is 50.4 Å². The second kappa shape index (κ2) is 9.13. The Morgan fingerprint density at radius 3 is 2.48 bits per heavy atom. The maximum absolute atomic E-state index is 12.3. The lowest BCUT2D eigenvalue weighted by molar-refractivity contribution is -0.384. The minimum atomic E-state index is -0.517. The molecule has 0 radical (unpaired) electrons. The number of aryl methyl sites for hydroxylation is 1. The first-order valence-electron chi connectivity index (χ1n) is 8.27. The summed E-state index contributed by atoms with van der Waals surface area (Å²) in [7, 11) is 0. The van der Waals surface area contributed by atoms with Crippen LogP contribution < -0.4 is 10.1 Å². The van der Waals surface area contributed by atoms with Crippen LogP contribution in [-0.4, -0.2) is 30.0 Å². The number of thiophene rings is 1. The van der Waals surface area contributed by atoms with Crippen LogP contribution in [0.5, 0.6) is 5.75 Å². The Labute approximate surface area is 160 Å². The van der Waals surface area contributed by atoms with Gasteiger partial charge in [0.2, 0.25) is 0 Å². The van der Waals surface area contributed by atoms with Gasteiger partial charge in [-0.25, -0.2) is 4.79 Å². The summed E-state index contributed by atoms with van der Waals surface area (Å²) in [4.78, 5) is 35.5. The van der Waals surface area contributed by atoms with Crippen molar-refractivity contribution in [2.45, 2.75) is 27.2 Å². The van der Waals surface area contributed by atoms with E-state index in [1.54, 1.807) is 6.92 Å². The highest BCUT2D eigenvalue weighted by Crippen LogP contribution is 2.33. The third-order valence-electron chi connectivity index (χ3n) is 3.70. The summed E-state index contributed by atoms with van der Waals surface area (Å²) in [6, 6.07) is 5.42. The van der Waals surface area contributed by atoms with E-state index in [4.69, 9.17) is 9.47 Å². The summed E-state index contributed by atoms with van der Waals surface area (Å²) in [5.74, 6) is -0.582. The van der Waals surface area contributed by atoms with Gasteiger partial charge in [0, 0.05) is 17.0 Å². The molecule has 2 aromatic rings. The molecule has 1 aromatic heterocycles. The number of esters is 1.